The molecule has 0 spiro atoms. The molecule has 0 amide bonds. The molecule has 1 aromatic rings. The average molecular weight is 224 g/mol. The van der Waals surface area contributed by atoms with E-state index in [1.165, 1.54) is 0 Å². The molecule has 0 bridgehead atoms. The molecule has 4 nitrogen and oxygen atoms in total. The van der Waals surface area contributed by atoms with Crippen molar-refractivity contribution in [2.75, 3.05) is 7.11 Å². The van der Waals surface area contributed by atoms with Crippen LogP contribution in [0.3, 0.4) is 0 Å². The molecule has 1 saturated carbocycles. The lowest BCUT2D eigenvalue weighted by Crippen LogP contribution is -2.33. The summed E-state index contributed by atoms with van der Waals surface area (Å²) in [5.41, 5.74) is 0.256. The minimum absolute atomic E-state index is 0.307. The van der Waals surface area contributed by atoms with E-state index >= 15 is 0 Å². The molecular formula is C12H20N2O2. The molecule has 0 radical (unpaired) electrons. The van der Waals surface area contributed by atoms with E-state index < -0.39 is 5.60 Å². The van der Waals surface area contributed by atoms with Crippen LogP contribution < -0.4 is 0 Å². The smallest absolute Gasteiger partial charge is 0.0928 e. The Labute approximate surface area is 96.2 Å². The second kappa shape index (κ2) is 4.55. The Morgan fingerprint density at radius 1 is 1.56 bits per heavy atom. The van der Waals surface area contributed by atoms with Gasteiger partial charge in [0.05, 0.1) is 17.9 Å². The largest absolute Gasteiger partial charge is 0.385 e. The molecule has 0 atom stereocenters. The Balaban J connectivity index is 2.08. The molecule has 1 aliphatic rings. The highest BCUT2D eigenvalue weighted by Gasteiger charge is 2.35. The standard InChI is InChI=1S/C12H20N2O2/c1-3-14-9-10(8-13-14)12(15)6-4-11(16-2)5-7-12/h8-9,11,15H,3-7H2,1-2H3. The Morgan fingerprint density at radius 3 is 2.75 bits per heavy atom. The number of rotatable bonds is 3. The summed E-state index contributed by atoms with van der Waals surface area (Å²) in [6.45, 7) is 2.89. The molecule has 1 N–H and O–H groups in total. The molecule has 2 rings (SSSR count). The van der Waals surface area contributed by atoms with Crippen molar-refractivity contribution in [3.63, 3.8) is 0 Å². The Kier molecular flexibility index (Phi) is 3.30. The second-order valence-electron chi connectivity index (χ2n) is 4.55. The van der Waals surface area contributed by atoms with Gasteiger partial charge in [0.25, 0.3) is 0 Å². The van der Waals surface area contributed by atoms with Crippen LogP contribution in [0.15, 0.2) is 12.4 Å². The van der Waals surface area contributed by atoms with Gasteiger partial charge in [-0.3, -0.25) is 4.68 Å². The van der Waals surface area contributed by atoms with Gasteiger partial charge in [0.15, 0.2) is 0 Å². The zero-order valence-electron chi connectivity index (χ0n) is 10.0. The predicted molar refractivity (Wildman–Crippen MR) is 61.1 cm³/mol. The number of aromatic nitrogens is 2. The highest BCUT2D eigenvalue weighted by Crippen LogP contribution is 2.37. The highest BCUT2D eigenvalue weighted by atomic mass is 16.5. The number of methoxy groups -OCH3 is 1. The van der Waals surface area contributed by atoms with Gasteiger partial charge in [-0.15, -0.1) is 0 Å². The minimum Gasteiger partial charge on any atom is -0.385 e. The second-order valence-corrected chi connectivity index (χ2v) is 4.55. The molecule has 1 heterocycles. The molecule has 0 unspecified atom stereocenters. The fourth-order valence-corrected chi connectivity index (χ4v) is 2.37. The first-order valence-corrected chi connectivity index (χ1v) is 5.96. The van der Waals surface area contributed by atoms with E-state index in [1.807, 2.05) is 17.8 Å². The number of hydrogen-bond acceptors (Lipinski definition) is 3. The van der Waals surface area contributed by atoms with Crippen LogP contribution in [0.25, 0.3) is 0 Å². The normalized spacial score (nSPS) is 30.6. The topological polar surface area (TPSA) is 47.3 Å². The molecule has 16 heavy (non-hydrogen) atoms. The Bertz CT molecular complexity index is 341. The quantitative estimate of drug-likeness (QED) is 0.849. The summed E-state index contributed by atoms with van der Waals surface area (Å²) >= 11 is 0. The van der Waals surface area contributed by atoms with Gasteiger partial charge in [-0.1, -0.05) is 0 Å². The molecular weight excluding hydrogens is 204 g/mol. The lowest BCUT2D eigenvalue weighted by molar-refractivity contribution is -0.0474. The van der Waals surface area contributed by atoms with Crippen LogP contribution in [-0.2, 0) is 16.9 Å². The maximum Gasteiger partial charge on any atom is 0.0928 e. The highest BCUT2D eigenvalue weighted by molar-refractivity contribution is 5.16. The fourth-order valence-electron chi connectivity index (χ4n) is 2.37. The van der Waals surface area contributed by atoms with Gasteiger partial charge < -0.3 is 9.84 Å². The predicted octanol–water partition coefficient (Wildman–Crippen LogP) is 1.68. The maximum absolute atomic E-state index is 10.6. The van der Waals surface area contributed by atoms with E-state index in [0.29, 0.717) is 6.10 Å². The van der Waals surface area contributed by atoms with Gasteiger partial charge >= 0.3 is 0 Å². The molecule has 0 aliphatic heterocycles. The maximum atomic E-state index is 10.6. The molecule has 1 aromatic heterocycles. The zero-order valence-corrected chi connectivity index (χ0v) is 10.0. The van der Waals surface area contributed by atoms with Gasteiger partial charge in [-0.25, -0.2) is 0 Å². The van der Waals surface area contributed by atoms with E-state index in [1.54, 1.807) is 13.3 Å². The first-order chi connectivity index (χ1) is 7.68. The van der Waals surface area contributed by atoms with Crippen molar-refractivity contribution in [1.29, 1.82) is 0 Å². The number of nitrogens with zero attached hydrogens (tertiary/aromatic N) is 2. The summed E-state index contributed by atoms with van der Waals surface area (Å²) in [4.78, 5) is 0. The Morgan fingerprint density at radius 2 is 2.25 bits per heavy atom. The van der Waals surface area contributed by atoms with Gasteiger partial charge in [0, 0.05) is 25.4 Å². The molecule has 1 aliphatic carbocycles. The summed E-state index contributed by atoms with van der Waals surface area (Å²) in [6, 6.07) is 0. The number of aliphatic hydroxyl groups is 1. The van der Waals surface area contributed by atoms with Gasteiger partial charge in [0.2, 0.25) is 0 Å². The van der Waals surface area contributed by atoms with E-state index in [2.05, 4.69) is 5.10 Å². The van der Waals surface area contributed by atoms with Crippen LogP contribution >= 0.6 is 0 Å². The third-order valence-electron chi connectivity index (χ3n) is 3.59. The first kappa shape index (κ1) is 11.6. The van der Waals surface area contributed by atoms with Crippen molar-refractivity contribution >= 4 is 0 Å². The van der Waals surface area contributed by atoms with Gasteiger partial charge in [0.1, 0.15) is 0 Å². The lowest BCUT2D eigenvalue weighted by atomic mass is 9.80. The number of hydrogen-bond donors (Lipinski definition) is 1. The molecule has 90 valence electrons. The third kappa shape index (κ3) is 2.13. The van der Waals surface area contributed by atoms with Crippen LogP contribution in [0.1, 0.15) is 38.2 Å². The lowest BCUT2D eigenvalue weighted by Gasteiger charge is -2.34. The Hall–Kier alpha value is -0.870. The zero-order chi connectivity index (χ0) is 11.6. The van der Waals surface area contributed by atoms with Gasteiger partial charge in [-0.2, -0.15) is 5.10 Å². The van der Waals surface area contributed by atoms with Crippen LogP contribution in [-0.4, -0.2) is 28.1 Å². The SMILES string of the molecule is CCn1cc(C2(O)CCC(OC)CC2)cn1. The van der Waals surface area contributed by atoms with Crippen molar-refractivity contribution in [3.05, 3.63) is 18.0 Å². The first-order valence-electron chi connectivity index (χ1n) is 5.96. The van der Waals surface area contributed by atoms with Gasteiger partial charge in [-0.05, 0) is 32.6 Å². The van der Waals surface area contributed by atoms with Crippen molar-refractivity contribution < 1.29 is 9.84 Å². The van der Waals surface area contributed by atoms with Crippen LogP contribution in [0.4, 0.5) is 0 Å². The van der Waals surface area contributed by atoms with Crippen molar-refractivity contribution in [2.45, 2.75) is 50.9 Å². The van der Waals surface area contributed by atoms with Crippen LogP contribution in [0.2, 0.25) is 0 Å². The summed E-state index contributed by atoms with van der Waals surface area (Å²) in [5, 5.41) is 14.8. The third-order valence-corrected chi connectivity index (χ3v) is 3.59. The van der Waals surface area contributed by atoms with Crippen molar-refractivity contribution in [1.82, 2.24) is 9.78 Å². The van der Waals surface area contributed by atoms with Crippen LogP contribution in [0, 0.1) is 0 Å². The monoisotopic (exact) mass is 224 g/mol. The van der Waals surface area contributed by atoms with E-state index in [4.69, 9.17) is 4.74 Å². The molecule has 0 saturated heterocycles. The van der Waals surface area contributed by atoms with Crippen LogP contribution in [0.5, 0.6) is 0 Å². The number of aryl methyl sites for hydroxylation is 1. The summed E-state index contributed by atoms with van der Waals surface area (Å²) in [7, 11) is 1.74. The molecule has 4 heteroatoms. The van der Waals surface area contributed by atoms with E-state index in [0.717, 1.165) is 37.8 Å². The summed E-state index contributed by atoms with van der Waals surface area (Å²) in [5.74, 6) is 0. The van der Waals surface area contributed by atoms with Crippen molar-refractivity contribution in [2.24, 2.45) is 0 Å². The van der Waals surface area contributed by atoms with E-state index in [9.17, 15) is 5.11 Å². The number of ether oxygens (including phenoxy) is 1. The van der Waals surface area contributed by atoms with Crippen molar-refractivity contribution in [3.8, 4) is 0 Å². The van der Waals surface area contributed by atoms with E-state index in [-0.39, 0.29) is 0 Å². The fraction of sp³-hybridized carbons (Fsp3) is 0.750. The summed E-state index contributed by atoms with van der Waals surface area (Å²) < 4.78 is 7.17. The average Bonchev–Trinajstić information content (AvgIpc) is 2.79. The summed E-state index contributed by atoms with van der Waals surface area (Å²) in [6.07, 6.45) is 7.42. The minimum atomic E-state index is -0.692. The molecule has 1 fully saturated rings. The molecule has 0 aromatic carbocycles.